The number of rotatable bonds is 8. The summed E-state index contributed by atoms with van der Waals surface area (Å²) in [5, 5.41) is 3.38. The minimum Gasteiger partial charge on any atom is -0.381 e. The Morgan fingerprint density at radius 1 is 1.41 bits per heavy atom. The Hall–Kier alpha value is -0.450. The van der Waals surface area contributed by atoms with E-state index in [4.69, 9.17) is 4.74 Å². The van der Waals surface area contributed by atoms with E-state index in [1.165, 1.54) is 5.56 Å². The predicted molar refractivity (Wildman–Crippen MR) is 73.9 cm³/mol. The van der Waals surface area contributed by atoms with Gasteiger partial charge in [0.2, 0.25) is 0 Å². The Balaban J connectivity index is 2.01. The summed E-state index contributed by atoms with van der Waals surface area (Å²) in [4.78, 5) is 4.12. The van der Waals surface area contributed by atoms with Crippen LogP contribution in [0.15, 0.2) is 22.9 Å². The van der Waals surface area contributed by atoms with Gasteiger partial charge in [0, 0.05) is 36.6 Å². The molecule has 0 unspecified atom stereocenters. The average molecular weight is 301 g/mol. The maximum atomic E-state index is 5.51. The molecule has 0 atom stereocenters. The van der Waals surface area contributed by atoms with E-state index in [0.29, 0.717) is 5.92 Å². The van der Waals surface area contributed by atoms with Gasteiger partial charge in [-0.1, -0.05) is 13.8 Å². The molecule has 3 nitrogen and oxygen atoms in total. The zero-order valence-electron chi connectivity index (χ0n) is 10.6. The van der Waals surface area contributed by atoms with Crippen molar-refractivity contribution < 1.29 is 4.74 Å². The highest BCUT2D eigenvalue weighted by Crippen LogP contribution is 2.08. The average Bonchev–Trinajstić information content (AvgIpc) is 2.27. The van der Waals surface area contributed by atoms with E-state index in [0.717, 1.165) is 37.2 Å². The molecule has 96 valence electrons. The molecule has 0 radical (unpaired) electrons. The third-order valence-corrected chi connectivity index (χ3v) is 2.62. The van der Waals surface area contributed by atoms with Crippen molar-refractivity contribution >= 4 is 15.9 Å². The molecule has 0 saturated carbocycles. The quantitative estimate of drug-likeness (QED) is 0.750. The first kappa shape index (κ1) is 14.6. The summed E-state index contributed by atoms with van der Waals surface area (Å²) in [5.74, 6) is 0.621. The Morgan fingerprint density at radius 3 is 2.94 bits per heavy atom. The molecule has 1 aromatic heterocycles. The second-order valence-electron chi connectivity index (χ2n) is 4.51. The highest BCUT2D eigenvalue weighted by molar-refractivity contribution is 9.10. The lowest BCUT2D eigenvalue weighted by Crippen LogP contribution is -2.17. The van der Waals surface area contributed by atoms with Crippen LogP contribution in [0.3, 0.4) is 0 Å². The monoisotopic (exact) mass is 300 g/mol. The summed E-state index contributed by atoms with van der Waals surface area (Å²) in [7, 11) is 0. The molecular formula is C13H21BrN2O. The summed E-state index contributed by atoms with van der Waals surface area (Å²) in [6, 6.07) is 2.08. The van der Waals surface area contributed by atoms with Crippen LogP contribution in [0.2, 0.25) is 0 Å². The molecule has 0 aliphatic carbocycles. The molecule has 1 aromatic rings. The SMILES string of the molecule is CC(C)COCCCNCc1cncc(Br)c1. The third kappa shape index (κ3) is 7.47. The van der Waals surface area contributed by atoms with Crippen molar-refractivity contribution in [1.29, 1.82) is 0 Å². The number of nitrogens with one attached hydrogen (secondary N) is 1. The first-order chi connectivity index (χ1) is 8.18. The number of hydrogen-bond acceptors (Lipinski definition) is 3. The fraction of sp³-hybridized carbons (Fsp3) is 0.615. The number of halogens is 1. The predicted octanol–water partition coefficient (Wildman–Crippen LogP) is 3.00. The van der Waals surface area contributed by atoms with Gasteiger partial charge in [-0.25, -0.2) is 0 Å². The van der Waals surface area contributed by atoms with E-state index >= 15 is 0 Å². The van der Waals surface area contributed by atoms with E-state index in [9.17, 15) is 0 Å². The molecule has 17 heavy (non-hydrogen) atoms. The third-order valence-electron chi connectivity index (χ3n) is 2.18. The number of pyridine rings is 1. The van der Waals surface area contributed by atoms with Crippen LogP contribution in [0.1, 0.15) is 25.8 Å². The van der Waals surface area contributed by atoms with Gasteiger partial charge >= 0.3 is 0 Å². The van der Waals surface area contributed by atoms with Crippen molar-refractivity contribution in [3.63, 3.8) is 0 Å². The summed E-state index contributed by atoms with van der Waals surface area (Å²) in [5.41, 5.74) is 1.20. The largest absolute Gasteiger partial charge is 0.381 e. The Labute approximate surface area is 112 Å². The van der Waals surface area contributed by atoms with Crippen molar-refractivity contribution in [3.8, 4) is 0 Å². The van der Waals surface area contributed by atoms with Crippen LogP contribution in [0.4, 0.5) is 0 Å². The van der Waals surface area contributed by atoms with Gasteiger partial charge in [0.1, 0.15) is 0 Å². The van der Waals surface area contributed by atoms with Crippen molar-refractivity contribution in [2.45, 2.75) is 26.8 Å². The van der Waals surface area contributed by atoms with Gasteiger partial charge in [-0.2, -0.15) is 0 Å². The molecule has 0 aromatic carbocycles. The number of aromatic nitrogens is 1. The molecule has 0 saturated heterocycles. The van der Waals surface area contributed by atoms with Crippen LogP contribution >= 0.6 is 15.9 Å². The smallest absolute Gasteiger partial charge is 0.0489 e. The topological polar surface area (TPSA) is 34.1 Å². The molecule has 0 bridgehead atoms. The minimum atomic E-state index is 0.621. The summed E-state index contributed by atoms with van der Waals surface area (Å²) in [6.07, 6.45) is 4.73. The Morgan fingerprint density at radius 2 is 2.24 bits per heavy atom. The van der Waals surface area contributed by atoms with Gasteiger partial charge in [0.05, 0.1) is 0 Å². The van der Waals surface area contributed by atoms with Gasteiger partial charge < -0.3 is 10.1 Å². The van der Waals surface area contributed by atoms with E-state index in [1.54, 1.807) is 6.20 Å². The molecule has 1 heterocycles. The summed E-state index contributed by atoms with van der Waals surface area (Å²) >= 11 is 3.41. The van der Waals surface area contributed by atoms with Crippen LogP contribution < -0.4 is 5.32 Å². The van der Waals surface area contributed by atoms with Crippen LogP contribution in [0, 0.1) is 5.92 Å². The van der Waals surface area contributed by atoms with Gasteiger partial charge in [0.25, 0.3) is 0 Å². The molecule has 4 heteroatoms. The maximum Gasteiger partial charge on any atom is 0.0489 e. The first-order valence-corrected chi connectivity index (χ1v) is 6.85. The van der Waals surface area contributed by atoms with E-state index in [1.807, 2.05) is 6.20 Å². The van der Waals surface area contributed by atoms with Crippen molar-refractivity contribution in [3.05, 3.63) is 28.5 Å². The first-order valence-electron chi connectivity index (χ1n) is 6.06. The zero-order chi connectivity index (χ0) is 12.5. The van der Waals surface area contributed by atoms with Crippen molar-refractivity contribution in [2.75, 3.05) is 19.8 Å². The van der Waals surface area contributed by atoms with Gasteiger partial charge in [-0.3, -0.25) is 4.98 Å². The molecule has 0 aliphatic rings. The molecule has 0 fully saturated rings. The lowest BCUT2D eigenvalue weighted by Gasteiger charge is -2.07. The number of ether oxygens (including phenoxy) is 1. The highest BCUT2D eigenvalue weighted by Gasteiger charge is 1.96. The zero-order valence-corrected chi connectivity index (χ0v) is 12.2. The normalized spacial score (nSPS) is 11.1. The standard InChI is InChI=1S/C13H21BrN2O/c1-11(2)10-17-5-3-4-15-7-12-6-13(14)9-16-8-12/h6,8-9,11,15H,3-5,7,10H2,1-2H3. The van der Waals surface area contributed by atoms with Crippen LogP contribution in [0.25, 0.3) is 0 Å². The van der Waals surface area contributed by atoms with Gasteiger partial charge in [-0.15, -0.1) is 0 Å². The van der Waals surface area contributed by atoms with Crippen molar-refractivity contribution in [2.24, 2.45) is 5.92 Å². The fourth-order valence-electron chi connectivity index (χ4n) is 1.40. The second-order valence-corrected chi connectivity index (χ2v) is 5.43. The number of nitrogens with zero attached hydrogens (tertiary/aromatic N) is 1. The Bertz CT molecular complexity index is 318. The lowest BCUT2D eigenvalue weighted by molar-refractivity contribution is 0.108. The molecule has 1 rings (SSSR count). The fourth-order valence-corrected chi connectivity index (χ4v) is 1.82. The minimum absolute atomic E-state index is 0.621. The summed E-state index contributed by atoms with van der Waals surface area (Å²) in [6.45, 7) is 7.86. The molecule has 1 N–H and O–H groups in total. The second kappa shape index (κ2) is 8.61. The highest BCUT2D eigenvalue weighted by atomic mass is 79.9. The number of hydrogen-bond donors (Lipinski definition) is 1. The maximum absolute atomic E-state index is 5.51. The van der Waals surface area contributed by atoms with E-state index in [2.05, 4.69) is 46.1 Å². The van der Waals surface area contributed by atoms with Gasteiger partial charge in [0.15, 0.2) is 0 Å². The Kier molecular flexibility index (Phi) is 7.40. The lowest BCUT2D eigenvalue weighted by atomic mass is 10.2. The van der Waals surface area contributed by atoms with E-state index in [-0.39, 0.29) is 0 Å². The van der Waals surface area contributed by atoms with Crippen molar-refractivity contribution in [1.82, 2.24) is 10.3 Å². The molecule has 0 amide bonds. The molecule has 0 aliphatic heterocycles. The van der Waals surface area contributed by atoms with E-state index < -0.39 is 0 Å². The van der Waals surface area contributed by atoms with Crippen LogP contribution in [-0.4, -0.2) is 24.7 Å². The van der Waals surface area contributed by atoms with Crippen LogP contribution in [0.5, 0.6) is 0 Å². The summed E-state index contributed by atoms with van der Waals surface area (Å²) < 4.78 is 6.53. The van der Waals surface area contributed by atoms with Crippen LogP contribution in [-0.2, 0) is 11.3 Å². The van der Waals surface area contributed by atoms with Gasteiger partial charge in [-0.05, 0) is 46.4 Å². The molecular weight excluding hydrogens is 280 g/mol. The molecule has 0 spiro atoms.